The lowest BCUT2D eigenvalue weighted by Crippen LogP contribution is -2.31. The molecule has 5 nitrogen and oxygen atoms in total. The Balaban J connectivity index is 1.49. The predicted octanol–water partition coefficient (Wildman–Crippen LogP) is 3.57. The van der Waals surface area contributed by atoms with E-state index in [-0.39, 0.29) is 5.69 Å². The Kier molecular flexibility index (Phi) is 4.50. The van der Waals surface area contributed by atoms with Crippen molar-refractivity contribution in [3.8, 4) is 0 Å². The van der Waals surface area contributed by atoms with Gasteiger partial charge in [-0.05, 0) is 41.8 Å². The van der Waals surface area contributed by atoms with Crippen molar-refractivity contribution in [1.82, 2.24) is 10.2 Å². The predicted molar refractivity (Wildman–Crippen MR) is 97.5 cm³/mol. The Labute approximate surface area is 154 Å². The number of carbonyl (C=O) groups excluding carboxylic acids is 1. The first-order chi connectivity index (χ1) is 13.1. The van der Waals surface area contributed by atoms with Gasteiger partial charge in [-0.3, -0.25) is 4.79 Å². The lowest BCUT2D eigenvalue weighted by molar-refractivity contribution is 0.102. The van der Waals surface area contributed by atoms with Crippen molar-refractivity contribution >= 4 is 17.4 Å². The van der Waals surface area contributed by atoms with Crippen molar-refractivity contribution in [2.75, 3.05) is 16.8 Å². The third kappa shape index (κ3) is 3.48. The fourth-order valence-electron chi connectivity index (χ4n) is 3.10. The van der Waals surface area contributed by atoms with Crippen LogP contribution in [-0.4, -0.2) is 22.6 Å². The second-order valence-corrected chi connectivity index (χ2v) is 6.27. The number of carbonyl (C=O) groups is 1. The van der Waals surface area contributed by atoms with Gasteiger partial charge in [0.15, 0.2) is 11.5 Å². The molecular formula is C20H16F2N4O. The van der Waals surface area contributed by atoms with Crippen LogP contribution in [0.25, 0.3) is 0 Å². The van der Waals surface area contributed by atoms with E-state index in [0.29, 0.717) is 5.82 Å². The van der Waals surface area contributed by atoms with Gasteiger partial charge in [-0.1, -0.05) is 30.3 Å². The van der Waals surface area contributed by atoms with E-state index < -0.39 is 23.2 Å². The third-order valence-corrected chi connectivity index (χ3v) is 4.54. The first-order valence-electron chi connectivity index (χ1n) is 8.52. The third-order valence-electron chi connectivity index (χ3n) is 4.54. The normalized spacial score (nSPS) is 13.2. The molecule has 0 spiro atoms. The molecule has 0 fully saturated rings. The van der Waals surface area contributed by atoms with Gasteiger partial charge in [0.05, 0.1) is 0 Å². The highest BCUT2D eigenvalue weighted by Crippen LogP contribution is 2.23. The fourth-order valence-corrected chi connectivity index (χ4v) is 3.10. The highest BCUT2D eigenvalue weighted by atomic mass is 19.1. The largest absolute Gasteiger partial charge is 0.350 e. The van der Waals surface area contributed by atoms with E-state index in [1.54, 1.807) is 6.07 Å². The summed E-state index contributed by atoms with van der Waals surface area (Å²) in [5.74, 6) is -1.76. The van der Waals surface area contributed by atoms with Crippen molar-refractivity contribution < 1.29 is 13.6 Å². The molecule has 0 saturated heterocycles. The molecule has 1 N–H and O–H groups in total. The van der Waals surface area contributed by atoms with E-state index in [1.807, 2.05) is 12.1 Å². The number of benzene rings is 2. The molecule has 27 heavy (non-hydrogen) atoms. The lowest BCUT2D eigenvalue weighted by Gasteiger charge is -2.29. The van der Waals surface area contributed by atoms with E-state index in [0.717, 1.165) is 31.6 Å². The fraction of sp³-hybridized carbons (Fsp3) is 0.150. The zero-order chi connectivity index (χ0) is 18.8. The maximum atomic E-state index is 13.7. The number of para-hydroxylation sites is 1. The van der Waals surface area contributed by atoms with E-state index in [2.05, 4.69) is 32.5 Å². The summed E-state index contributed by atoms with van der Waals surface area (Å²) in [6.45, 7) is 1.52. The number of nitrogens with zero attached hydrogens (tertiary/aromatic N) is 3. The topological polar surface area (TPSA) is 58.1 Å². The molecule has 4 rings (SSSR count). The zero-order valence-electron chi connectivity index (χ0n) is 14.3. The van der Waals surface area contributed by atoms with Crippen LogP contribution in [0.1, 0.15) is 21.6 Å². The maximum Gasteiger partial charge on any atom is 0.276 e. The Morgan fingerprint density at radius 2 is 1.67 bits per heavy atom. The number of fused-ring (bicyclic) bond motifs is 1. The minimum Gasteiger partial charge on any atom is -0.350 e. The number of hydrogen-bond donors (Lipinski definition) is 1. The lowest BCUT2D eigenvalue weighted by atomic mass is 10.00. The van der Waals surface area contributed by atoms with Crippen LogP contribution in [0, 0.1) is 11.6 Å². The van der Waals surface area contributed by atoms with Crippen LogP contribution in [0.15, 0.2) is 54.6 Å². The molecule has 3 aromatic rings. The number of amides is 1. The van der Waals surface area contributed by atoms with Crippen molar-refractivity contribution in [2.45, 2.75) is 13.0 Å². The SMILES string of the molecule is O=C(Nc1c(F)cccc1F)c1ccc(N2CCc3ccccc3C2)nn1. The van der Waals surface area contributed by atoms with Gasteiger partial charge in [0.25, 0.3) is 5.91 Å². The summed E-state index contributed by atoms with van der Waals surface area (Å²) in [6, 6.07) is 14.8. The quantitative estimate of drug-likeness (QED) is 0.770. The van der Waals surface area contributed by atoms with Gasteiger partial charge in [0.2, 0.25) is 0 Å². The van der Waals surface area contributed by atoms with Crippen LogP contribution in [-0.2, 0) is 13.0 Å². The average molecular weight is 366 g/mol. The molecule has 1 amide bonds. The minimum absolute atomic E-state index is 0.0150. The second-order valence-electron chi connectivity index (χ2n) is 6.27. The molecule has 0 atom stereocenters. The summed E-state index contributed by atoms with van der Waals surface area (Å²) in [4.78, 5) is 14.3. The Morgan fingerprint density at radius 1 is 0.926 bits per heavy atom. The van der Waals surface area contributed by atoms with E-state index in [4.69, 9.17) is 0 Å². The Morgan fingerprint density at radius 3 is 2.37 bits per heavy atom. The molecule has 2 aromatic carbocycles. The van der Waals surface area contributed by atoms with E-state index >= 15 is 0 Å². The van der Waals surface area contributed by atoms with Gasteiger partial charge in [0, 0.05) is 13.1 Å². The summed E-state index contributed by atoms with van der Waals surface area (Å²) in [5, 5.41) is 10.2. The number of nitrogens with one attached hydrogen (secondary N) is 1. The smallest absolute Gasteiger partial charge is 0.276 e. The number of halogens is 2. The molecule has 1 aliphatic heterocycles. The standard InChI is InChI=1S/C20H16F2N4O/c21-15-6-3-7-16(22)19(15)23-20(27)17-8-9-18(25-24-17)26-11-10-13-4-1-2-5-14(13)12-26/h1-9H,10-12H2,(H,23,27). The summed E-state index contributed by atoms with van der Waals surface area (Å²) in [6.07, 6.45) is 0.909. The molecule has 7 heteroatoms. The molecule has 136 valence electrons. The van der Waals surface area contributed by atoms with Gasteiger partial charge in [-0.15, -0.1) is 10.2 Å². The summed E-state index contributed by atoms with van der Waals surface area (Å²) in [5.41, 5.74) is 2.05. The molecule has 0 aliphatic carbocycles. The Hall–Kier alpha value is -3.35. The van der Waals surface area contributed by atoms with Gasteiger partial charge < -0.3 is 10.2 Å². The summed E-state index contributed by atoms with van der Waals surface area (Å²) in [7, 11) is 0. The molecular weight excluding hydrogens is 350 g/mol. The zero-order valence-corrected chi connectivity index (χ0v) is 14.3. The molecule has 1 aliphatic rings. The summed E-state index contributed by atoms with van der Waals surface area (Å²) < 4.78 is 27.3. The van der Waals surface area contributed by atoms with Gasteiger partial charge in [-0.25, -0.2) is 8.78 Å². The van der Waals surface area contributed by atoms with E-state index in [1.165, 1.54) is 23.3 Å². The molecule has 0 unspecified atom stereocenters. The highest BCUT2D eigenvalue weighted by Gasteiger charge is 2.19. The van der Waals surface area contributed by atoms with Crippen LogP contribution >= 0.6 is 0 Å². The average Bonchev–Trinajstić information content (AvgIpc) is 2.70. The van der Waals surface area contributed by atoms with Crippen molar-refractivity contribution in [3.05, 3.63) is 83.1 Å². The number of hydrogen-bond acceptors (Lipinski definition) is 4. The number of rotatable bonds is 3. The van der Waals surface area contributed by atoms with Crippen LogP contribution in [0.4, 0.5) is 20.3 Å². The Bertz CT molecular complexity index is 971. The number of aromatic nitrogens is 2. The van der Waals surface area contributed by atoms with Gasteiger partial charge in [0.1, 0.15) is 17.3 Å². The van der Waals surface area contributed by atoms with Crippen LogP contribution < -0.4 is 10.2 Å². The van der Waals surface area contributed by atoms with Gasteiger partial charge >= 0.3 is 0 Å². The van der Waals surface area contributed by atoms with Crippen LogP contribution in [0.5, 0.6) is 0 Å². The van der Waals surface area contributed by atoms with Crippen molar-refractivity contribution in [1.29, 1.82) is 0 Å². The highest BCUT2D eigenvalue weighted by molar-refractivity contribution is 6.02. The molecule has 0 bridgehead atoms. The van der Waals surface area contributed by atoms with Crippen LogP contribution in [0.2, 0.25) is 0 Å². The molecule has 0 radical (unpaired) electrons. The summed E-state index contributed by atoms with van der Waals surface area (Å²) >= 11 is 0. The van der Waals surface area contributed by atoms with Crippen molar-refractivity contribution in [2.24, 2.45) is 0 Å². The maximum absolute atomic E-state index is 13.7. The first-order valence-corrected chi connectivity index (χ1v) is 8.52. The van der Waals surface area contributed by atoms with Crippen molar-refractivity contribution in [3.63, 3.8) is 0 Å². The molecule has 2 heterocycles. The second kappa shape index (κ2) is 7.11. The molecule has 0 saturated carbocycles. The minimum atomic E-state index is -0.847. The van der Waals surface area contributed by atoms with Gasteiger partial charge in [-0.2, -0.15) is 0 Å². The molecule has 1 aromatic heterocycles. The first kappa shape index (κ1) is 17.1. The van der Waals surface area contributed by atoms with E-state index in [9.17, 15) is 13.6 Å². The monoisotopic (exact) mass is 366 g/mol. The number of anilines is 2. The van der Waals surface area contributed by atoms with Crippen LogP contribution in [0.3, 0.4) is 0 Å².